The van der Waals surface area contributed by atoms with E-state index in [4.69, 9.17) is 9.15 Å². The smallest absolute Gasteiger partial charge is 0.410 e. The number of fused-ring (bicyclic) bond motifs is 1. The molecule has 2 amide bonds. The largest absolute Gasteiger partial charge is 0.447 e. The maximum absolute atomic E-state index is 13.2. The zero-order valence-electron chi connectivity index (χ0n) is 16.9. The summed E-state index contributed by atoms with van der Waals surface area (Å²) in [4.78, 5) is 41.2. The van der Waals surface area contributed by atoms with E-state index in [1.807, 2.05) is 13.0 Å². The fraction of sp³-hybridized carbons (Fsp3) is 0.650. The monoisotopic (exact) mass is 425 g/mol. The van der Waals surface area contributed by atoms with Gasteiger partial charge in [0.2, 0.25) is 0 Å². The highest BCUT2D eigenvalue weighted by molar-refractivity contribution is 5.95. The number of amides is 2. The number of carbonyl (C=O) groups excluding carboxylic acids is 2. The lowest BCUT2D eigenvalue weighted by Crippen LogP contribution is -2.62. The molecule has 3 fully saturated rings. The van der Waals surface area contributed by atoms with Gasteiger partial charge in [0.25, 0.3) is 5.91 Å². The van der Waals surface area contributed by atoms with E-state index in [1.54, 1.807) is 16.7 Å². The predicted octanol–water partition coefficient (Wildman–Crippen LogP) is 1.89. The lowest BCUT2D eigenvalue weighted by Gasteiger charge is -2.44. The topological polar surface area (TPSA) is 92.1 Å². The maximum atomic E-state index is 13.2. The average molecular weight is 426 g/mol. The van der Waals surface area contributed by atoms with Crippen molar-refractivity contribution >= 4 is 24.4 Å². The highest BCUT2D eigenvalue weighted by atomic mass is 35.5. The maximum Gasteiger partial charge on any atom is 0.410 e. The number of ether oxygens (including phenoxy) is 1. The van der Waals surface area contributed by atoms with E-state index in [0.717, 1.165) is 25.9 Å². The summed E-state index contributed by atoms with van der Waals surface area (Å²) < 4.78 is 10.8. The van der Waals surface area contributed by atoms with E-state index in [-0.39, 0.29) is 42.5 Å². The Morgan fingerprint density at radius 1 is 1.28 bits per heavy atom. The van der Waals surface area contributed by atoms with Crippen LogP contribution in [-0.2, 0) is 4.74 Å². The minimum Gasteiger partial charge on any atom is -0.447 e. The Morgan fingerprint density at radius 3 is 2.66 bits per heavy atom. The summed E-state index contributed by atoms with van der Waals surface area (Å²) in [6, 6.07) is 1.85. The van der Waals surface area contributed by atoms with E-state index >= 15 is 0 Å². The molecular weight excluding hydrogens is 398 g/mol. The zero-order chi connectivity index (χ0) is 19.9. The van der Waals surface area contributed by atoms with Gasteiger partial charge in [-0.2, -0.15) is 0 Å². The Labute approximate surface area is 176 Å². The average Bonchev–Trinajstić information content (AvgIpc) is 3.04. The van der Waals surface area contributed by atoms with E-state index in [2.05, 4.69) is 5.32 Å². The molecule has 9 heteroatoms. The van der Waals surface area contributed by atoms with Crippen LogP contribution in [0.3, 0.4) is 0 Å². The number of cyclic esters (lactones) is 1. The van der Waals surface area contributed by atoms with Gasteiger partial charge in [0.1, 0.15) is 17.9 Å². The molecule has 0 spiro atoms. The molecule has 0 bridgehead atoms. The molecule has 4 heterocycles. The summed E-state index contributed by atoms with van der Waals surface area (Å²) in [5.74, 6) is 0.561. The molecule has 0 saturated carbocycles. The van der Waals surface area contributed by atoms with Gasteiger partial charge in [-0.25, -0.2) is 9.59 Å². The fourth-order valence-corrected chi connectivity index (χ4v) is 4.59. The van der Waals surface area contributed by atoms with Crippen LogP contribution in [0.15, 0.2) is 15.3 Å². The number of nitrogens with zero attached hydrogens (tertiary/aromatic N) is 2. The Morgan fingerprint density at radius 2 is 2.00 bits per heavy atom. The normalized spacial score (nSPS) is 24.7. The summed E-state index contributed by atoms with van der Waals surface area (Å²) in [5, 5.41) is 3.30. The molecule has 1 unspecified atom stereocenters. The van der Waals surface area contributed by atoms with Crippen LogP contribution in [-0.4, -0.2) is 66.7 Å². The molecule has 160 valence electrons. The van der Waals surface area contributed by atoms with Crippen molar-refractivity contribution in [3.8, 4) is 0 Å². The van der Waals surface area contributed by atoms with E-state index in [9.17, 15) is 14.4 Å². The molecule has 3 aliphatic heterocycles. The summed E-state index contributed by atoms with van der Waals surface area (Å²) >= 11 is 0. The zero-order valence-corrected chi connectivity index (χ0v) is 17.7. The fourth-order valence-electron chi connectivity index (χ4n) is 4.59. The first-order chi connectivity index (χ1) is 13.4. The lowest BCUT2D eigenvalue weighted by molar-refractivity contribution is 0.0357. The molecule has 3 saturated heterocycles. The Kier molecular flexibility index (Phi) is 6.24. The first-order valence-electron chi connectivity index (χ1n) is 10.0. The van der Waals surface area contributed by atoms with Crippen LogP contribution in [0.1, 0.15) is 53.8 Å². The second-order valence-corrected chi connectivity index (χ2v) is 8.03. The van der Waals surface area contributed by atoms with Gasteiger partial charge in [-0.3, -0.25) is 9.69 Å². The van der Waals surface area contributed by atoms with E-state index in [1.165, 1.54) is 0 Å². The third kappa shape index (κ3) is 3.75. The van der Waals surface area contributed by atoms with Gasteiger partial charge in [-0.05, 0) is 50.9 Å². The Bertz CT molecular complexity index is 851. The number of hydrogen-bond acceptors (Lipinski definition) is 6. The predicted molar refractivity (Wildman–Crippen MR) is 109 cm³/mol. The molecule has 1 atom stereocenters. The van der Waals surface area contributed by atoms with E-state index < -0.39 is 11.2 Å². The number of aryl methyl sites for hydroxylation is 1. The second-order valence-electron chi connectivity index (χ2n) is 8.03. The van der Waals surface area contributed by atoms with Crippen LogP contribution in [0.2, 0.25) is 0 Å². The van der Waals surface area contributed by atoms with Crippen LogP contribution in [0.5, 0.6) is 0 Å². The molecule has 1 N–H and O–H groups in total. The minimum absolute atomic E-state index is 0. The SMILES string of the molecule is CCC12COC(=O)N1CCN(C(=O)c1c(C)cc(C3CCNCC3)oc1=O)C2.Cl. The summed E-state index contributed by atoms with van der Waals surface area (Å²) in [6.07, 6.45) is 2.20. The van der Waals surface area contributed by atoms with Gasteiger partial charge in [0.05, 0.1) is 5.54 Å². The van der Waals surface area contributed by atoms with Gasteiger partial charge in [0, 0.05) is 25.6 Å². The van der Waals surface area contributed by atoms with Gasteiger partial charge in [0.15, 0.2) is 0 Å². The molecule has 8 nitrogen and oxygen atoms in total. The van der Waals surface area contributed by atoms with Crippen molar-refractivity contribution in [3.63, 3.8) is 0 Å². The first kappa shape index (κ1) is 21.6. The van der Waals surface area contributed by atoms with Crippen LogP contribution in [0.4, 0.5) is 4.79 Å². The molecule has 0 radical (unpaired) electrons. The number of piperidine rings is 1. The number of rotatable bonds is 3. The molecule has 1 aromatic rings. The third-order valence-corrected chi connectivity index (χ3v) is 6.40. The number of carbonyl (C=O) groups is 2. The van der Waals surface area contributed by atoms with Crippen molar-refractivity contribution in [1.82, 2.24) is 15.1 Å². The van der Waals surface area contributed by atoms with E-state index in [0.29, 0.717) is 37.4 Å². The number of hydrogen-bond donors (Lipinski definition) is 1. The van der Waals surface area contributed by atoms with Crippen LogP contribution in [0.25, 0.3) is 0 Å². The standard InChI is InChI=1S/C20H27N3O5.ClH/c1-3-20-11-22(8-9-23(20)19(26)27-12-20)17(24)16-13(2)10-15(28-18(16)25)14-4-6-21-7-5-14;/h10,14,21H,3-9,11-12H2,1-2H3;1H. The van der Waals surface area contributed by atoms with Crippen molar-refractivity contribution in [2.75, 3.05) is 39.3 Å². The quantitative estimate of drug-likeness (QED) is 0.795. The molecule has 29 heavy (non-hydrogen) atoms. The molecular formula is C20H28ClN3O5. The molecule has 1 aromatic heterocycles. The first-order valence-corrected chi connectivity index (χ1v) is 10.0. The molecule has 3 aliphatic rings. The highest BCUT2D eigenvalue weighted by Gasteiger charge is 2.50. The summed E-state index contributed by atoms with van der Waals surface area (Å²) in [5.41, 5.74) is -0.317. The highest BCUT2D eigenvalue weighted by Crippen LogP contribution is 2.32. The number of nitrogens with one attached hydrogen (secondary N) is 1. The van der Waals surface area contributed by atoms with Crippen molar-refractivity contribution in [2.45, 2.75) is 44.6 Å². The number of piperazine rings is 1. The second kappa shape index (κ2) is 8.36. The van der Waals surface area contributed by atoms with Gasteiger partial charge >= 0.3 is 11.7 Å². The van der Waals surface area contributed by atoms with Gasteiger partial charge in [-0.15, -0.1) is 12.4 Å². The summed E-state index contributed by atoms with van der Waals surface area (Å²) in [7, 11) is 0. The third-order valence-electron chi connectivity index (χ3n) is 6.40. The van der Waals surface area contributed by atoms with Crippen LogP contribution < -0.4 is 10.9 Å². The van der Waals surface area contributed by atoms with Crippen LogP contribution in [0, 0.1) is 6.92 Å². The van der Waals surface area contributed by atoms with Crippen molar-refractivity contribution < 1.29 is 18.7 Å². The van der Waals surface area contributed by atoms with Gasteiger partial charge < -0.3 is 19.4 Å². The van der Waals surface area contributed by atoms with Crippen LogP contribution >= 0.6 is 12.4 Å². The minimum atomic E-state index is -0.565. The molecule has 4 rings (SSSR count). The Balaban J connectivity index is 0.00000240. The van der Waals surface area contributed by atoms with Crippen molar-refractivity contribution in [1.29, 1.82) is 0 Å². The summed E-state index contributed by atoms with van der Waals surface area (Å²) in [6.45, 7) is 7.01. The molecule has 0 aliphatic carbocycles. The lowest BCUT2D eigenvalue weighted by atomic mass is 9.92. The van der Waals surface area contributed by atoms with Gasteiger partial charge in [-0.1, -0.05) is 6.92 Å². The van der Waals surface area contributed by atoms with Crippen molar-refractivity contribution in [3.05, 3.63) is 33.4 Å². The Hall–Kier alpha value is -2.06. The molecule has 0 aromatic carbocycles. The van der Waals surface area contributed by atoms with Crippen molar-refractivity contribution in [2.24, 2.45) is 0 Å². The number of halogens is 1.